The van der Waals surface area contributed by atoms with Crippen LogP contribution in [-0.4, -0.2) is 16.0 Å². The van der Waals surface area contributed by atoms with E-state index in [1.807, 2.05) is 6.07 Å². The van der Waals surface area contributed by atoms with Crippen molar-refractivity contribution < 1.29 is 0 Å². The van der Waals surface area contributed by atoms with Gasteiger partial charge in [-0.25, -0.2) is 9.97 Å². The van der Waals surface area contributed by atoms with Gasteiger partial charge in [-0.3, -0.25) is 0 Å². The first-order valence-electron chi connectivity index (χ1n) is 5.03. The maximum Gasteiger partial charge on any atom is 0.182 e. The third kappa shape index (κ3) is 2.32. The van der Waals surface area contributed by atoms with E-state index in [9.17, 15) is 0 Å². The average Bonchev–Trinajstić information content (AvgIpc) is 2.31. The van der Waals surface area contributed by atoms with E-state index in [2.05, 4.69) is 27.4 Å². The molecule has 1 unspecified atom stereocenters. The van der Waals surface area contributed by atoms with Crippen LogP contribution < -0.4 is 5.32 Å². The van der Waals surface area contributed by atoms with Gasteiger partial charge in [-0.05, 0) is 19.3 Å². The summed E-state index contributed by atoms with van der Waals surface area (Å²) in [5, 5.41) is 12.1. The Bertz CT molecular complexity index is 405. The van der Waals surface area contributed by atoms with E-state index >= 15 is 0 Å². The number of allylic oxidation sites excluding steroid dienone is 1. The molecule has 0 spiro atoms. The third-order valence-corrected chi connectivity index (χ3v) is 2.41. The van der Waals surface area contributed by atoms with Crippen molar-refractivity contribution in [1.29, 1.82) is 5.26 Å². The van der Waals surface area contributed by atoms with E-state index in [1.54, 1.807) is 6.20 Å². The van der Waals surface area contributed by atoms with Crippen molar-refractivity contribution in [2.24, 2.45) is 0 Å². The molecular weight excluding hydrogens is 188 g/mol. The fraction of sp³-hybridized carbons (Fsp3) is 0.364. The molecule has 0 saturated heterocycles. The summed E-state index contributed by atoms with van der Waals surface area (Å²) in [5.74, 6) is 0.598. The van der Waals surface area contributed by atoms with Gasteiger partial charge in [0, 0.05) is 18.4 Å². The number of rotatable bonds is 2. The summed E-state index contributed by atoms with van der Waals surface area (Å²) >= 11 is 0. The Kier molecular flexibility index (Phi) is 2.93. The predicted molar refractivity (Wildman–Crippen MR) is 57.1 cm³/mol. The summed E-state index contributed by atoms with van der Waals surface area (Å²) in [6, 6.07) is 2.40. The van der Waals surface area contributed by atoms with Gasteiger partial charge in [-0.1, -0.05) is 12.2 Å². The normalized spacial score (nSPS) is 19.5. The molecule has 1 heterocycles. The Morgan fingerprint density at radius 2 is 2.20 bits per heavy atom. The molecular formula is C11H12N4. The Morgan fingerprint density at radius 1 is 1.33 bits per heavy atom. The topological polar surface area (TPSA) is 61.6 Å². The van der Waals surface area contributed by atoms with Crippen molar-refractivity contribution in [3.05, 3.63) is 30.2 Å². The van der Waals surface area contributed by atoms with Crippen LogP contribution in [0.25, 0.3) is 0 Å². The molecule has 0 bridgehead atoms. The quantitative estimate of drug-likeness (QED) is 0.740. The summed E-state index contributed by atoms with van der Waals surface area (Å²) in [6.07, 6.45) is 10.6. The van der Waals surface area contributed by atoms with Gasteiger partial charge in [0.25, 0.3) is 0 Å². The van der Waals surface area contributed by atoms with Crippen LogP contribution in [0.4, 0.5) is 5.82 Å². The molecule has 0 amide bonds. The molecule has 1 aliphatic rings. The highest BCUT2D eigenvalue weighted by atomic mass is 15.0. The highest BCUT2D eigenvalue weighted by molar-refractivity contribution is 5.47. The molecule has 4 nitrogen and oxygen atoms in total. The summed E-state index contributed by atoms with van der Waals surface area (Å²) in [5.41, 5.74) is 0.368. The van der Waals surface area contributed by atoms with Gasteiger partial charge in [0.05, 0.1) is 0 Å². The lowest BCUT2D eigenvalue weighted by Gasteiger charge is -2.19. The summed E-state index contributed by atoms with van der Waals surface area (Å²) in [6.45, 7) is 0. The van der Waals surface area contributed by atoms with E-state index in [4.69, 9.17) is 5.26 Å². The first-order chi connectivity index (χ1) is 7.40. The van der Waals surface area contributed by atoms with E-state index < -0.39 is 0 Å². The number of anilines is 1. The molecule has 0 fully saturated rings. The number of hydrogen-bond donors (Lipinski definition) is 1. The van der Waals surface area contributed by atoms with Gasteiger partial charge >= 0.3 is 0 Å². The molecule has 4 heteroatoms. The van der Waals surface area contributed by atoms with Crippen molar-refractivity contribution in [3.63, 3.8) is 0 Å². The average molecular weight is 200 g/mol. The smallest absolute Gasteiger partial charge is 0.182 e. The number of aromatic nitrogens is 2. The maximum absolute atomic E-state index is 8.84. The Balaban J connectivity index is 2.10. The zero-order valence-corrected chi connectivity index (χ0v) is 8.35. The molecule has 15 heavy (non-hydrogen) atoms. The van der Waals surface area contributed by atoms with Crippen LogP contribution in [0.15, 0.2) is 24.5 Å². The van der Waals surface area contributed by atoms with E-state index in [0.717, 1.165) is 19.3 Å². The number of nitrogens with zero attached hydrogens (tertiary/aromatic N) is 3. The van der Waals surface area contributed by atoms with E-state index in [0.29, 0.717) is 17.6 Å². The molecule has 2 rings (SSSR count). The highest BCUT2D eigenvalue weighted by Crippen LogP contribution is 2.16. The molecule has 0 radical (unpaired) electrons. The van der Waals surface area contributed by atoms with Crippen molar-refractivity contribution in [1.82, 2.24) is 9.97 Å². The minimum absolute atomic E-state index is 0.368. The molecule has 0 aromatic carbocycles. The van der Waals surface area contributed by atoms with Gasteiger partial charge in [-0.15, -0.1) is 0 Å². The fourth-order valence-corrected chi connectivity index (χ4v) is 1.64. The van der Waals surface area contributed by atoms with Crippen LogP contribution in [0.1, 0.15) is 25.0 Å². The zero-order chi connectivity index (χ0) is 10.5. The lowest BCUT2D eigenvalue weighted by Crippen LogP contribution is -2.21. The standard InChI is InChI=1S/C11H12N4/c12-8-10-11(14-7-6-13-10)15-9-4-2-1-3-5-9/h1-2,6-7,9H,3-5H2,(H,14,15). The molecule has 1 aromatic rings. The first-order valence-corrected chi connectivity index (χ1v) is 5.03. The van der Waals surface area contributed by atoms with Crippen LogP contribution in [-0.2, 0) is 0 Å². The summed E-state index contributed by atoms with van der Waals surface area (Å²) in [7, 11) is 0. The Hall–Kier alpha value is -1.89. The summed E-state index contributed by atoms with van der Waals surface area (Å²) < 4.78 is 0. The molecule has 1 aliphatic carbocycles. The monoisotopic (exact) mass is 200 g/mol. The second-order valence-electron chi connectivity index (χ2n) is 3.49. The van der Waals surface area contributed by atoms with Crippen LogP contribution in [0.5, 0.6) is 0 Å². The predicted octanol–water partition coefficient (Wildman–Crippen LogP) is 1.87. The van der Waals surface area contributed by atoms with Crippen LogP contribution in [0, 0.1) is 11.3 Å². The SMILES string of the molecule is N#Cc1nccnc1NC1CC=CCC1. The first kappa shape index (κ1) is 9.66. The molecule has 1 aromatic heterocycles. The fourth-order valence-electron chi connectivity index (χ4n) is 1.64. The largest absolute Gasteiger partial charge is 0.365 e. The second kappa shape index (κ2) is 4.56. The molecule has 0 saturated carbocycles. The lowest BCUT2D eigenvalue weighted by molar-refractivity contribution is 0.641. The molecule has 1 atom stereocenters. The van der Waals surface area contributed by atoms with Crippen molar-refractivity contribution in [3.8, 4) is 6.07 Å². The Labute approximate surface area is 88.7 Å². The minimum Gasteiger partial charge on any atom is -0.365 e. The van der Waals surface area contributed by atoms with E-state index in [-0.39, 0.29) is 0 Å². The van der Waals surface area contributed by atoms with Crippen molar-refractivity contribution >= 4 is 5.82 Å². The van der Waals surface area contributed by atoms with Gasteiger partial charge in [0.1, 0.15) is 6.07 Å². The third-order valence-electron chi connectivity index (χ3n) is 2.41. The van der Waals surface area contributed by atoms with Gasteiger partial charge in [0.2, 0.25) is 0 Å². The molecule has 76 valence electrons. The lowest BCUT2D eigenvalue weighted by atomic mass is 10.0. The van der Waals surface area contributed by atoms with E-state index in [1.165, 1.54) is 6.20 Å². The zero-order valence-electron chi connectivity index (χ0n) is 8.35. The molecule has 1 N–H and O–H groups in total. The van der Waals surface area contributed by atoms with Crippen LogP contribution in [0.3, 0.4) is 0 Å². The Morgan fingerprint density at radius 3 is 2.93 bits per heavy atom. The maximum atomic E-state index is 8.84. The van der Waals surface area contributed by atoms with Gasteiger partial charge < -0.3 is 5.32 Å². The molecule has 0 aliphatic heterocycles. The number of nitrogens with one attached hydrogen (secondary N) is 1. The highest BCUT2D eigenvalue weighted by Gasteiger charge is 2.12. The number of nitriles is 1. The van der Waals surface area contributed by atoms with Crippen LogP contribution >= 0.6 is 0 Å². The van der Waals surface area contributed by atoms with Crippen molar-refractivity contribution in [2.75, 3.05) is 5.32 Å². The van der Waals surface area contributed by atoms with Crippen molar-refractivity contribution in [2.45, 2.75) is 25.3 Å². The van der Waals surface area contributed by atoms with Crippen LogP contribution in [0.2, 0.25) is 0 Å². The second-order valence-corrected chi connectivity index (χ2v) is 3.49. The van der Waals surface area contributed by atoms with Gasteiger partial charge in [-0.2, -0.15) is 5.26 Å². The van der Waals surface area contributed by atoms with Gasteiger partial charge in [0.15, 0.2) is 11.5 Å². The summed E-state index contributed by atoms with van der Waals surface area (Å²) in [4.78, 5) is 8.08. The number of hydrogen-bond acceptors (Lipinski definition) is 4. The minimum atomic E-state index is 0.368.